The first kappa shape index (κ1) is 25.2. The molecule has 9 nitrogen and oxygen atoms in total. The van der Waals surface area contributed by atoms with Gasteiger partial charge in [-0.2, -0.15) is 0 Å². The average molecular weight is 514 g/mol. The second-order valence-electron chi connectivity index (χ2n) is 9.09. The van der Waals surface area contributed by atoms with E-state index in [1.165, 1.54) is 12.1 Å². The zero-order valence-corrected chi connectivity index (χ0v) is 21.2. The molecule has 5 rings (SSSR count). The molecule has 1 N–H and O–H groups in total. The number of nitrogens with one attached hydrogen (secondary N) is 1. The minimum absolute atomic E-state index is 0.164. The third kappa shape index (κ3) is 5.60. The predicted molar refractivity (Wildman–Crippen MR) is 141 cm³/mol. The molecule has 3 aromatic heterocycles. The molecule has 0 bridgehead atoms. The van der Waals surface area contributed by atoms with Crippen LogP contribution in [-0.4, -0.2) is 42.2 Å². The summed E-state index contributed by atoms with van der Waals surface area (Å²) >= 11 is 0. The van der Waals surface area contributed by atoms with Gasteiger partial charge in [-0.25, -0.2) is 9.07 Å². The van der Waals surface area contributed by atoms with Crippen molar-refractivity contribution in [1.82, 2.24) is 35.1 Å². The Morgan fingerprint density at radius 2 is 1.92 bits per heavy atom. The normalized spacial score (nSPS) is 12.2. The Morgan fingerprint density at radius 3 is 2.66 bits per heavy atom. The summed E-state index contributed by atoms with van der Waals surface area (Å²) in [6.45, 7) is 3.37. The quantitative estimate of drug-likeness (QED) is 0.298. The van der Waals surface area contributed by atoms with Crippen LogP contribution in [0.25, 0.3) is 10.9 Å². The molecule has 0 aliphatic rings. The maximum absolute atomic E-state index is 13.4. The van der Waals surface area contributed by atoms with E-state index in [-0.39, 0.29) is 17.4 Å². The first-order valence-electron chi connectivity index (χ1n) is 12.4. The number of hydrogen-bond donors (Lipinski definition) is 1. The van der Waals surface area contributed by atoms with E-state index in [0.29, 0.717) is 48.7 Å². The van der Waals surface area contributed by atoms with Gasteiger partial charge in [0.1, 0.15) is 11.6 Å². The largest absolute Gasteiger partial charge is 0.497 e. The van der Waals surface area contributed by atoms with Crippen molar-refractivity contribution < 1.29 is 9.13 Å². The Morgan fingerprint density at radius 1 is 1.08 bits per heavy atom. The zero-order valence-electron chi connectivity index (χ0n) is 21.2. The number of pyridine rings is 2. The van der Waals surface area contributed by atoms with Gasteiger partial charge < -0.3 is 9.72 Å². The molecule has 5 aromatic rings. The predicted octanol–water partition coefficient (Wildman–Crippen LogP) is 4.26. The SMILES string of the molecule is CC[C@H](c1nnnn1Cc1ccc(F)cc1)N(Cc1cccnc1)Cc1cc2ccc(OC)cc2[nH]c1=O. The molecule has 0 saturated heterocycles. The monoisotopic (exact) mass is 513 g/mol. The average Bonchev–Trinajstić information content (AvgIpc) is 3.38. The lowest BCUT2D eigenvalue weighted by Gasteiger charge is -2.30. The number of nitrogens with zero attached hydrogens (tertiary/aromatic N) is 6. The van der Waals surface area contributed by atoms with Gasteiger partial charge in [0.15, 0.2) is 5.82 Å². The van der Waals surface area contributed by atoms with Gasteiger partial charge in [0, 0.05) is 37.1 Å². The Balaban J connectivity index is 1.50. The number of aromatic nitrogens is 6. The summed E-state index contributed by atoms with van der Waals surface area (Å²) in [6.07, 6.45) is 4.25. The molecule has 0 saturated carbocycles. The first-order chi connectivity index (χ1) is 18.5. The minimum atomic E-state index is -0.293. The zero-order chi connectivity index (χ0) is 26.5. The maximum atomic E-state index is 13.4. The number of tetrazole rings is 1. The van der Waals surface area contributed by atoms with E-state index in [9.17, 15) is 9.18 Å². The summed E-state index contributed by atoms with van der Waals surface area (Å²) in [5.41, 5.74) is 3.07. The fraction of sp³-hybridized carbons (Fsp3) is 0.250. The van der Waals surface area contributed by atoms with Crippen molar-refractivity contribution in [2.45, 2.75) is 39.0 Å². The Hall–Kier alpha value is -4.44. The van der Waals surface area contributed by atoms with Crippen LogP contribution in [0.3, 0.4) is 0 Å². The van der Waals surface area contributed by atoms with Crippen LogP contribution < -0.4 is 10.3 Å². The molecule has 2 aromatic carbocycles. The second kappa shape index (κ2) is 11.3. The van der Waals surface area contributed by atoms with E-state index in [2.05, 4.69) is 37.3 Å². The van der Waals surface area contributed by atoms with Crippen molar-refractivity contribution in [3.8, 4) is 5.75 Å². The summed E-state index contributed by atoms with van der Waals surface area (Å²) in [4.78, 5) is 22.6. The molecule has 0 radical (unpaired) electrons. The van der Waals surface area contributed by atoms with Crippen molar-refractivity contribution in [3.63, 3.8) is 0 Å². The van der Waals surface area contributed by atoms with Crippen molar-refractivity contribution in [1.29, 1.82) is 0 Å². The van der Waals surface area contributed by atoms with E-state index >= 15 is 0 Å². The third-order valence-corrected chi connectivity index (χ3v) is 6.54. The molecule has 0 fully saturated rings. The van der Waals surface area contributed by atoms with Gasteiger partial charge in [-0.1, -0.05) is 25.1 Å². The smallest absolute Gasteiger partial charge is 0.252 e. The van der Waals surface area contributed by atoms with Crippen molar-refractivity contribution in [2.24, 2.45) is 0 Å². The molecular weight excluding hydrogens is 485 g/mol. The minimum Gasteiger partial charge on any atom is -0.497 e. The van der Waals surface area contributed by atoms with Crippen LogP contribution in [0.5, 0.6) is 5.75 Å². The van der Waals surface area contributed by atoms with Gasteiger partial charge in [0.25, 0.3) is 5.56 Å². The van der Waals surface area contributed by atoms with Gasteiger partial charge in [0.2, 0.25) is 0 Å². The van der Waals surface area contributed by atoms with E-state index in [1.807, 2.05) is 42.6 Å². The fourth-order valence-corrected chi connectivity index (χ4v) is 4.62. The molecule has 10 heteroatoms. The van der Waals surface area contributed by atoms with Gasteiger partial charge in [-0.05, 0) is 69.8 Å². The van der Waals surface area contributed by atoms with Gasteiger partial charge in [-0.15, -0.1) is 5.10 Å². The molecule has 0 aliphatic carbocycles. The van der Waals surface area contributed by atoms with Crippen LogP contribution in [0.1, 0.15) is 41.9 Å². The summed E-state index contributed by atoms with van der Waals surface area (Å²) < 4.78 is 20.4. The van der Waals surface area contributed by atoms with E-state index in [4.69, 9.17) is 4.74 Å². The highest BCUT2D eigenvalue weighted by Crippen LogP contribution is 2.27. The van der Waals surface area contributed by atoms with Crippen LogP contribution in [0.2, 0.25) is 0 Å². The molecule has 1 atom stereocenters. The summed E-state index contributed by atoms with van der Waals surface area (Å²) in [5, 5.41) is 13.4. The highest BCUT2D eigenvalue weighted by atomic mass is 19.1. The molecule has 38 heavy (non-hydrogen) atoms. The number of fused-ring (bicyclic) bond motifs is 1. The van der Waals surface area contributed by atoms with E-state index in [0.717, 1.165) is 16.5 Å². The number of H-pyrrole nitrogens is 1. The molecule has 194 valence electrons. The number of aromatic amines is 1. The highest BCUT2D eigenvalue weighted by Gasteiger charge is 2.26. The molecule has 0 amide bonds. The highest BCUT2D eigenvalue weighted by molar-refractivity contribution is 5.80. The summed E-state index contributed by atoms with van der Waals surface area (Å²) in [5.74, 6) is 1.06. The lowest BCUT2D eigenvalue weighted by atomic mass is 10.1. The van der Waals surface area contributed by atoms with E-state index < -0.39 is 0 Å². The van der Waals surface area contributed by atoms with Crippen molar-refractivity contribution in [2.75, 3.05) is 7.11 Å². The van der Waals surface area contributed by atoms with Gasteiger partial charge in [0.05, 0.1) is 25.2 Å². The Bertz CT molecular complexity index is 1570. The van der Waals surface area contributed by atoms with Crippen LogP contribution in [0, 0.1) is 5.82 Å². The molecular formula is C28H28FN7O2. The van der Waals surface area contributed by atoms with Crippen molar-refractivity contribution >= 4 is 10.9 Å². The van der Waals surface area contributed by atoms with Crippen LogP contribution in [0.4, 0.5) is 4.39 Å². The van der Waals surface area contributed by atoms with Crippen LogP contribution in [0.15, 0.2) is 77.9 Å². The maximum Gasteiger partial charge on any atom is 0.252 e. The third-order valence-electron chi connectivity index (χ3n) is 6.54. The standard InChI is InChI=1S/C28H28FN7O2/c1-3-26(27-32-33-34-36(27)17-19-6-9-23(29)10-7-19)35(16-20-5-4-12-30-15-20)18-22-13-21-8-11-24(38-2)14-25(21)31-28(22)37/h4-15,26H,3,16-18H2,1-2H3,(H,31,37)/t26-/m1/s1. The number of ether oxygens (including phenoxy) is 1. The van der Waals surface area contributed by atoms with Crippen LogP contribution >= 0.6 is 0 Å². The Labute approximate surface area is 218 Å². The second-order valence-corrected chi connectivity index (χ2v) is 9.09. The number of rotatable bonds is 10. The number of benzene rings is 2. The fourth-order valence-electron chi connectivity index (χ4n) is 4.62. The van der Waals surface area contributed by atoms with E-state index in [1.54, 1.807) is 30.1 Å². The lowest BCUT2D eigenvalue weighted by Crippen LogP contribution is -2.32. The summed E-state index contributed by atoms with van der Waals surface area (Å²) in [6, 6.07) is 17.5. The van der Waals surface area contributed by atoms with Crippen LogP contribution in [-0.2, 0) is 19.6 Å². The van der Waals surface area contributed by atoms with Gasteiger partial charge in [-0.3, -0.25) is 14.7 Å². The van der Waals surface area contributed by atoms with Crippen molar-refractivity contribution in [3.05, 3.63) is 112 Å². The number of methoxy groups -OCH3 is 1. The van der Waals surface area contributed by atoms with Gasteiger partial charge >= 0.3 is 0 Å². The number of halogens is 1. The Kier molecular flexibility index (Phi) is 7.50. The number of hydrogen-bond acceptors (Lipinski definition) is 7. The molecule has 0 unspecified atom stereocenters. The molecule has 0 spiro atoms. The molecule has 0 aliphatic heterocycles. The lowest BCUT2D eigenvalue weighted by molar-refractivity contribution is 0.161. The molecule has 3 heterocycles. The topological polar surface area (TPSA) is 102 Å². The summed E-state index contributed by atoms with van der Waals surface area (Å²) in [7, 11) is 1.60. The first-order valence-corrected chi connectivity index (χ1v) is 12.4.